The van der Waals surface area contributed by atoms with Crippen molar-refractivity contribution in [3.8, 4) is 0 Å². The molecule has 0 aliphatic carbocycles. The summed E-state index contributed by atoms with van der Waals surface area (Å²) in [4.78, 5) is 4.40. The van der Waals surface area contributed by atoms with Crippen LogP contribution in [-0.2, 0) is 5.75 Å². The summed E-state index contributed by atoms with van der Waals surface area (Å²) in [5.41, 5.74) is 7.77. The van der Waals surface area contributed by atoms with Gasteiger partial charge in [-0.2, -0.15) is 11.8 Å². The molecule has 0 aliphatic rings. The van der Waals surface area contributed by atoms with Crippen LogP contribution in [0.3, 0.4) is 0 Å². The zero-order valence-electron chi connectivity index (χ0n) is 10.2. The van der Waals surface area contributed by atoms with Crippen molar-refractivity contribution >= 4 is 23.3 Å². The lowest BCUT2D eigenvalue weighted by atomic mass is 10.2. The maximum atomic E-state index is 5.50. The average molecular weight is 259 g/mol. The second-order valence-corrected chi connectivity index (χ2v) is 4.95. The maximum absolute atomic E-state index is 5.50. The van der Waals surface area contributed by atoms with Gasteiger partial charge in [0.05, 0.1) is 0 Å². The summed E-state index contributed by atoms with van der Waals surface area (Å²) in [6, 6.07) is 14.1. The van der Waals surface area contributed by atoms with Gasteiger partial charge >= 0.3 is 0 Å². The number of benzene rings is 1. The fraction of sp³-hybridized carbons (Fsp3) is 0.214. The fourth-order valence-electron chi connectivity index (χ4n) is 1.59. The number of aromatic nitrogens is 1. The first-order valence-corrected chi connectivity index (χ1v) is 7.09. The van der Waals surface area contributed by atoms with Crippen LogP contribution in [0.4, 0.5) is 11.5 Å². The number of nitrogens with two attached hydrogens (primary N) is 1. The van der Waals surface area contributed by atoms with Crippen molar-refractivity contribution in [3.63, 3.8) is 0 Å². The van der Waals surface area contributed by atoms with Crippen molar-refractivity contribution in [1.82, 2.24) is 4.98 Å². The first-order chi connectivity index (χ1) is 8.90. The van der Waals surface area contributed by atoms with E-state index in [1.54, 1.807) is 0 Å². The second kappa shape index (κ2) is 7.03. The van der Waals surface area contributed by atoms with Gasteiger partial charge in [-0.1, -0.05) is 24.3 Å². The van der Waals surface area contributed by atoms with Gasteiger partial charge in [0.25, 0.3) is 0 Å². The normalized spacial score (nSPS) is 10.3. The van der Waals surface area contributed by atoms with Crippen LogP contribution < -0.4 is 11.1 Å². The predicted molar refractivity (Wildman–Crippen MR) is 79.2 cm³/mol. The SMILES string of the molecule is NCCSCc1cccnc1Nc1ccccc1. The molecule has 0 saturated heterocycles. The Morgan fingerprint density at radius 2 is 1.94 bits per heavy atom. The Bertz CT molecular complexity index is 473. The van der Waals surface area contributed by atoms with E-state index < -0.39 is 0 Å². The number of hydrogen-bond donors (Lipinski definition) is 2. The van der Waals surface area contributed by atoms with Gasteiger partial charge in [0, 0.05) is 35.5 Å². The van der Waals surface area contributed by atoms with E-state index in [9.17, 15) is 0 Å². The highest BCUT2D eigenvalue weighted by atomic mass is 32.2. The topological polar surface area (TPSA) is 50.9 Å². The lowest BCUT2D eigenvalue weighted by Gasteiger charge is -2.10. The van der Waals surface area contributed by atoms with Gasteiger partial charge in [0.1, 0.15) is 5.82 Å². The Kier molecular flexibility index (Phi) is 5.05. The number of rotatable bonds is 6. The van der Waals surface area contributed by atoms with Crippen LogP contribution in [0.15, 0.2) is 48.7 Å². The predicted octanol–water partition coefficient (Wildman–Crippen LogP) is 3.02. The molecule has 2 rings (SSSR count). The third-order valence-electron chi connectivity index (χ3n) is 2.45. The second-order valence-electron chi connectivity index (χ2n) is 3.84. The summed E-state index contributed by atoms with van der Waals surface area (Å²) in [5, 5.41) is 3.34. The van der Waals surface area contributed by atoms with E-state index in [-0.39, 0.29) is 0 Å². The first kappa shape index (κ1) is 12.9. The summed E-state index contributed by atoms with van der Waals surface area (Å²) in [6.45, 7) is 0.715. The molecule has 94 valence electrons. The molecule has 0 unspecified atom stereocenters. The fourth-order valence-corrected chi connectivity index (χ4v) is 2.36. The monoisotopic (exact) mass is 259 g/mol. The third-order valence-corrected chi connectivity index (χ3v) is 3.49. The van der Waals surface area contributed by atoms with E-state index in [2.05, 4.69) is 16.4 Å². The number of nitrogens with one attached hydrogen (secondary N) is 1. The van der Waals surface area contributed by atoms with Crippen molar-refractivity contribution in [1.29, 1.82) is 0 Å². The molecule has 1 aromatic carbocycles. The van der Waals surface area contributed by atoms with Crippen molar-refractivity contribution in [2.45, 2.75) is 5.75 Å². The minimum atomic E-state index is 0.715. The number of anilines is 2. The zero-order valence-corrected chi connectivity index (χ0v) is 11.0. The molecule has 4 heteroatoms. The smallest absolute Gasteiger partial charge is 0.134 e. The highest BCUT2D eigenvalue weighted by Crippen LogP contribution is 2.21. The van der Waals surface area contributed by atoms with Crippen LogP contribution in [0.25, 0.3) is 0 Å². The van der Waals surface area contributed by atoms with Crippen LogP contribution in [0, 0.1) is 0 Å². The Morgan fingerprint density at radius 3 is 2.72 bits per heavy atom. The summed E-state index contributed by atoms with van der Waals surface area (Å²) >= 11 is 1.83. The Hall–Kier alpha value is -1.52. The Labute approximate surface area is 112 Å². The van der Waals surface area contributed by atoms with Crippen LogP contribution in [-0.4, -0.2) is 17.3 Å². The largest absolute Gasteiger partial charge is 0.340 e. The molecule has 1 aromatic heterocycles. The minimum Gasteiger partial charge on any atom is -0.340 e. The van der Waals surface area contributed by atoms with Crippen LogP contribution in [0.2, 0.25) is 0 Å². The zero-order chi connectivity index (χ0) is 12.6. The van der Waals surface area contributed by atoms with E-state index in [1.165, 1.54) is 5.56 Å². The molecule has 3 nitrogen and oxygen atoms in total. The summed E-state index contributed by atoms with van der Waals surface area (Å²) in [6.07, 6.45) is 1.81. The van der Waals surface area contributed by atoms with Crippen LogP contribution in [0.1, 0.15) is 5.56 Å². The number of pyridine rings is 1. The van der Waals surface area contributed by atoms with Gasteiger partial charge in [-0.25, -0.2) is 4.98 Å². The van der Waals surface area contributed by atoms with E-state index in [0.717, 1.165) is 23.0 Å². The van der Waals surface area contributed by atoms with Gasteiger partial charge in [-0.05, 0) is 18.2 Å². The van der Waals surface area contributed by atoms with Gasteiger partial charge in [-0.15, -0.1) is 0 Å². The Balaban J connectivity index is 2.07. The van der Waals surface area contributed by atoms with E-state index in [4.69, 9.17) is 5.73 Å². The minimum absolute atomic E-state index is 0.715. The van der Waals surface area contributed by atoms with Crippen molar-refractivity contribution in [3.05, 3.63) is 54.2 Å². The first-order valence-electron chi connectivity index (χ1n) is 5.94. The quantitative estimate of drug-likeness (QED) is 0.783. The lowest BCUT2D eigenvalue weighted by Crippen LogP contribution is -2.02. The molecule has 0 amide bonds. The summed E-state index contributed by atoms with van der Waals surface area (Å²) < 4.78 is 0. The third kappa shape index (κ3) is 3.75. The van der Waals surface area contributed by atoms with Crippen molar-refractivity contribution in [2.24, 2.45) is 5.73 Å². The van der Waals surface area contributed by atoms with Gasteiger partial charge < -0.3 is 11.1 Å². The molecular weight excluding hydrogens is 242 g/mol. The molecule has 2 aromatic rings. The maximum Gasteiger partial charge on any atom is 0.134 e. The van der Waals surface area contributed by atoms with Crippen molar-refractivity contribution < 1.29 is 0 Å². The van der Waals surface area contributed by atoms with Gasteiger partial charge in [0.2, 0.25) is 0 Å². The summed E-state index contributed by atoms with van der Waals surface area (Å²) in [5.74, 6) is 2.83. The van der Waals surface area contributed by atoms with E-state index in [1.807, 2.05) is 54.4 Å². The molecule has 3 N–H and O–H groups in total. The standard InChI is InChI=1S/C14H17N3S/c15-8-10-18-11-12-5-4-9-16-14(12)17-13-6-2-1-3-7-13/h1-7,9H,8,10-11,15H2,(H,16,17). The van der Waals surface area contributed by atoms with Crippen molar-refractivity contribution in [2.75, 3.05) is 17.6 Å². The molecule has 0 radical (unpaired) electrons. The van der Waals surface area contributed by atoms with Gasteiger partial charge in [0.15, 0.2) is 0 Å². The van der Waals surface area contributed by atoms with Gasteiger partial charge in [-0.3, -0.25) is 0 Å². The van der Waals surface area contributed by atoms with Crippen LogP contribution in [0.5, 0.6) is 0 Å². The Morgan fingerprint density at radius 1 is 1.11 bits per heavy atom. The number of thioether (sulfide) groups is 1. The molecule has 0 bridgehead atoms. The molecule has 0 spiro atoms. The summed E-state index contributed by atoms with van der Waals surface area (Å²) in [7, 11) is 0. The molecule has 0 fully saturated rings. The highest BCUT2D eigenvalue weighted by molar-refractivity contribution is 7.98. The highest BCUT2D eigenvalue weighted by Gasteiger charge is 2.03. The van der Waals surface area contributed by atoms with E-state index in [0.29, 0.717) is 6.54 Å². The molecular formula is C14H17N3S. The average Bonchev–Trinajstić information content (AvgIpc) is 2.42. The molecule has 0 aliphatic heterocycles. The molecule has 0 saturated carbocycles. The molecule has 0 atom stereocenters. The molecule has 18 heavy (non-hydrogen) atoms. The van der Waals surface area contributed by atoms with E-state index >= 15 is 0 Å². The number of nitrogens with zero attached hydrogens (tertiary/aromatic N) is 1. The number of para-hydroxylation sites is 1. The lowest BCUT2D eigenvalue weighted by molar-refractivity contribution is 1.15. The molecule has 1 heterocycles. The number of hydrogen-bond acceptors (Lipinski definition) is 4. The van der Waals surface area contributed by atoms with Crippen LogP contribution >= 0.6 is 11.8 Å².